The lowest BCUT2D eigenvalue weighted by atomic mass is 9.93. The molecule has 1 aromatic heterocycles. The van der Waals surface area contributed by atoms with Crippen LogP contribution in [-0.2, 0) is 15.6 Å². The first-order chi connectivity index (χ1) is 14.1. The van der Waals surface area contributed by atoms with E-state index in [0.29, 0.717) is 42.5 Å². The molecular formula is C21H25ClN4O3S. The second-order valence-electron chi connectivity index (χ2n) is 8.08. The van der Waals surface area contributed by atoms with Crippen LogP contribution in [0.4, 0.5) is 11.4 Å². The highest BCUT2D eigenvalue weighted by Gasteiger charge is 2.44. The fraction of sp³-hybridized carbons (Fsp3) is 0.429. The molecule has 0 aliphatic carbocycles. The molecule has 160 valence electrons. The van der Waals surface area contributed by atoms with Gasteiger partial charge in [0.2, 0.25) is 10.0 Å². The van der Waals surface area contributed by atoms with Crippen LogP contribution < -0.4 is 9.80 Å². The van der Waals surface area contributed by atoms with E-state index in [4.69, 9.17) is 11.6 Å². The summed E-state index contributed by atoms with van der Waals surface area (Å²) in [6.07, 6.45) is 3.44. The number of hydrogen-bond donors (Lipinski definition) is 0. The van der Waals surface area contributed by atoms with Crippen molar-refractivity contribution in [3.8, 4) is 0 Å². The maximum Gasteiger partial charge on any atom is 0.259 e. The van der Waals surface area contributed by atoms with Crippen molar-refractivity contribution in [2.24, 2.45) is 0 Å². The minimum absolute atomic E-state index is 0.0792. The number of anilines is 2. The monoisotopic (exact) mass is 448 g/mol. The molecule has 0 radical (unpaired) electrons. The van der Waals surface area contributed by atoms with Crippen molar-refractivity contribution in [1.29, 1.82) is 0 Å². The Kier molecular flexibility index (Phi) is 5.28. The average Bonchev–Trinajstić information content (AvgIpc) is 2.93. The van der Waals surface area contributed by atoms with Crippen LogP contribution in [-0.4, -0.2) is 55.5 Å². The van der Waals surface area contributed by atoms with Crippen LogP contribution in [0.25, 0.3) is 0 Å². The van der Waals surface area contributed by atoms with Crippen molar-refractivity contribution < 1.29 is 13.2 Å². The van der Waals surface area contributed by atoms with E-state index in [-0.39, 0.29) is 11.7 Å². The van der Waals surface area contributed by atoms with Gasteiger partial charge >= 0.3 is 0 Å². The second-order valence-corrected chi connectivity index (χ2v) is 10.8. The van der Waals surface area contributed by atoms with Gasteiger partial charge in [-0.05, 0) is 50.6 Å². The summed E-state index contributed by atoms with van der Waals surface area (Å²) in [6, 6.07) is 7.30. The topological polar surface area (TPSA) is 73.8 Å². The third kappa shape index (κ3) is 3.46. The molecule has 2 aliphatic rings. The summed E-state index contributed by atoms with van der Waals surface area (Å²) in [5.41, 5.74) is 2.56. The first-order valence-corrected chi connectivity index (χ1v) is 12.0. The molecule has 0 saturated carbocycles. The van der Waals surface area contributed by atoms with Gasteiger partial charge in [0, 0.05) is 36.8 Å². The van der Waals surface area contributed by atoms with Gasteiger partial charge in [0.25, 0.3) is 5.91 Å². The van der Waals surface area contributed by atoms with Gasteiger partial charge in [-0.1, -0.05) is 11.6 Å². The molecule has 1 amide bonds. The number of rotatable bonds is 4. The molecule has 0 atom stereocenters. The SMILES string of the molecule is CCS(=O)(=O)N1CCN(c2cncc(N3C(=O)c4ccc(Cl)cc4C3(C)C)c2)CC1. The van der Waals surface area contributed by atoms with E-state index in [1.165, 1.54) is 4.31 Å². The van der Waals surface area contributed by atoms with Crippen molar-refractivity contribution in [2.75, 3.05) is 41.7 Å². The molecule has 7 nitrogen and oxygen atoms in total. The zero-order valence-electron chi connectivity index (χ0n) is 17.3. The molecule has 1 saturated heterocycles. The average molecular weight is 449 g/mol. The zero-order chi connectivity index (χ0) is 21.7. The standard InChI is InChI=1S/C21H25ClN4O3S/c1-4-30(28,29)25-9-7-24(8-10-25)16-12-17(14-23-13-16)26-20(27)18-6-5-15(22)11-19(18)21(26,2)3/h5-6,11-14H,4,7-10H2,1-3H3. The molecule has 9 heteroatoms. The first kappa shape index (κ1) is 21.1. The molecule has 0 bridgehead atoms. The van der Waals surface area contributed by atoms with Gasteiger partial charge in [-0.2, -0.15) is 4.31 Å². The molecule has 0 unspecified atom stereocenters. The van der Waals surface area contributed by atoms with E-state index >= 15 is 0 Å². The minimum Gasteiger partial charge on any atom is -0.368 e. The van der Waals surface area contributed by atoms with Crippen LogP contribution in [0.15, 0.2) is 36.7 Å². The molecule has 2 aromatic rings. The van der Waals surface area contributed by atoms with E-state index in [2.05, 4.69) is 9.88 Å². The van der Waals surface area contributed by atoms with Crippen LogP contribution in [0.5, 0.6) is 0 Å². The van der Waals surface area contributed by atoms with E-state index < -0.39 is 15.6 Å². The Morgan fingerprint density at radius 1 is 1.07 bits per heavy atom. The maximum atomic E-state index is 13.2. The lowest BCUT2D eigenvalue weighted by molar-refractivity contribution is 0.0982. The van der Waals surface area contributed by atoms with Crippen molar-refractivity contribution in [3.05, 3.63) is 52.8 Å². The van der Waals surface area contributed by atoms with Crippen molar-refractivity contribution >= 4 is 38.9 Å². The summed E-state index contributed by atoms with van der Waals surface area (Å²) in [4.78, 5) is 21.4. The van der Waals surface area contributed by atoms with Gasteiger partial charge in [0.15, 0.2) is 0 Å². The van der Waals surface area contributed by atoms with E-state index in [1.54, 1.807) is 36.4 Å². The summed E-state index contributed by atoms with van der Waals surface area (Å²) in [5.74, 6) is 0.0327. The molecule has 2 aliphatic heterocycles. The first-order valence-electron chi connectivity index (χ1n) is 9.97. The van der Waals surface area contributed by atoms with Crippen LogP contribution in [0.1, 0.15) is 36.7 Å². The highest BCUT2D eigenvalue weighted by Crippen LogP contribution is 2.43. The Balaban J connectivity index is 1.60. The maximum absolute atomic E-state index is 13.2. The van der Waals surface area contributed by atoms with Gasteiger partial charge in [-0.25, -0.2) is 8.42 Å². The lowest BCUT2D eigenvalue weighted by Gasteiger charge is -2.36. The van der Waals surface area contributed by atoms with Gasteiger partial charge in [0.1, 0.15) is 0 Å². The third-order valence-corrected chi connectivity index (χ3v) is 8.08. The van der Waals surface area contributed by atoms with Crippen LogP contribution in [0.2, 0.25) is 5.02 Å². The molecule has 4 rings (SSSR count). The molecular weight excluding hydrogens is 424 g/mol. The Bertz CT molecular complexity index is 1100. The molecule has 0 spiro atoms. The van der Waals surface area contributed by atoms with Gasteiger partial charge < -0.3 is 4.90 Å². The number of sulfonamides is 1. The molecule has 1 fully saturated rings. The molecule has 1 aromatic carbocycles. The zero-order valence-corrected chi connectivity index (χ0v) is 18.9. The summed E-state index contributed by atoms with van der Waals surface area (Å²) < 4.78 is 25.7. The number of aromatic nitrogens is 1. The Morgan fingerprint density at radius 2 is 1.73 bits per heavy atom. The van der Waals surface area contributed by atoms with Crippen molar-refractivity contribution in [1.82, 2.24) is 9.29 Å². The summed E-state index contributed by atoms with van der Waals surface area (Å²) in [6.45, 7) is 7.70. The number of carbonyl (C=O) groups is 1. The van der Waals surface area contributed by atoms with E-state index in [1.807, 2.05) is 26.0 Å². The number of piperazine rings is 1. The van der Waals surface area contributed by atoms with Gasteiger partial charge in [-0.3, -0.25) is 14.7 Å². The molecule has 3 heterocycles. The van der Waals surface area contributed by atoms with Crippen LogP contribution in [0, 0.1) is 0 Å². The Labute approximate surface area is 182 Å². The fourth-order valence-electron chi connectivity index (χ4n) is 4.26. The Hall–Kier alpha value is -2.16. The number of halogens is 1. The highest BCUT2D eigenvalue weighted by molar-refractivity contribution is 7.89. The van der Waals surface area contributed by atoms with Crippen molar-refractivity contribution in [2.45, 2.75) is 26.3 Å². The molecule has 0 N–H and O–H groups in total. The summed E-state index contributed by atoms with van der Waals surface area (Å²) >= 11 is 6.18. The summed E-state index contributed by atoms with van der Waals surface area (Å²) in [7, 11) is -3.18. The van der Waals surface area contributed by atoms with Crippen molar-refractivity contribution in [3.63, 3.8) is 0 Å². The number of nitrogens with zero attached hydrogens (tertiary/aromatic N) is 4. The number of hydrogen-bond acceptors (Lipinski definition) is 5. The largest absolute Gasteiger partial charge is 0.368 e. The lowest BCUT2D eigenvalue weighted by Crippen LogP contribution is -2.49. The number of amides is 1. The van der Waals surface area contributed by atoms with E-state index in [9.17, 15) is 13.2 Å². The Morgan fingerprint density at radius 3 is 2.40 bits per heavy atom. The van der Waals surface area contributed by atoms with E-state index in [0.717, 1.165) is 11.3 Å². The normalized spacial score (nSPS) is 19.3. The highest BCUT2D eigenvalue weighted by atomic mass is 35.5. The molecule has 30 heavy (non-hydrogen) atoms. The smallest absolute Gasteiger partial charge is 0.259 e. The van der Waals surface area contributed by atoms with Crippen LogP contribution >= 0.6 is 11.6 Å². The number of fused-ring (bicyclic) bond motifs is 1. The number of carbonyl (C=O) groups excluding carboxylic acids is 1. The summed E-state index contributed by atoms with van der Waals surface area (Å²) in [5, 5.41) is 0.600. The predicted octanol–water partition coefficient (Wildman–Crippen LogP) is 3.10. The second kappa shape index (κ2) is 7.51. The van der Waals surface area contributed by atoms with Gasteiger partial charge in [-0.15, -0.1) is 0 Å². The number of benzene rings is 1. The fourth-order valence-corrected chi connectivity index (χ4v) is 5.52. The third-order valence-electron chi connectivity index (χ3n) is 5.96. The predicted molar refractivity (Wildman–Crippen MR) is 119 cm³/mol. The minimum atomic E-state index is -3.18. The quantitative estimate of drug-likeness (QED) is 0.718. The number of pyridine rings is 1. The van der Waals surface area contributed by atoms with Crippen LogP contribution in [0.3, 0.4) is 0 Å². The van der Waals surface area contributed by atoms with Gasteiger partial charge in [0.05, 0.1) is 35.1 Å².